The van der Waals surface area contributed by atoms with Gasteiger partial charge < -0.3 is 14.5 Å². The van der Waals surface area contributed by atoms with Crippen LogP contribution in [-0.2, 0) is 22.5 Å². The Morgan fingerprint density at radius 2 is 2.33 bits per heavy atom. The lowest BCUT2D eigenvalue weighted by Crippen LogP contribution is -2.24. The third-order valence-electron chi connectivity index (χ3n) is 2.42. The summed E-state index contributed by atoms with van der Waals surface area (Å²) in [6.07, 6.45) is 1.14. The van der Waals surface area contributed by atoms with Gasteiger partial charge in [-0.1, -0.05) is 0 Å². The highest BCUT2D eigenvalue weighted by atomic mass is 32.1. The van der Waals surface area contributed by atoms with Crippen molar-refractivity contribution in [3.05, 3.63) is 35.2 Å². The highest BCUT2D eigenvalue weighted by Crippen LogP contribution is 2.16. The van der Waals surface area contributed by atoms with E-state index in [1.165, 1.54) is 11.3 Å². The van der Waals surface area contributed by atoms with Gasteiger partial charge in [0.1, 0.15) is 5.76 Å². The lowest BCUT2D eigenvalue weighted by atomic mass is 10.3. The fourth-order valence-electron chi connectivity index (χ4n) is 1.53. The Kier molecular flexibility index (Phi) is 5.33. The number of rotatable bonds is 6. The van der Waals surface area contributed by atoms with Gasteiger partial charge in [-0.2, -0.15) is 0 Å². The number of ether oxygens (including phenoxy) is 1. The van der Waals surface area contributed by atoms with Crippen LogP contribution in [0.3, 0.4) is 0 Å². The van der Waals surface area contributed by atoms with E-state index in [0.717, 1.165) is 0 Å². The summed E-state index contributed by atoms with van der Waals surface area (Å²) in [5, 5.41) is 7.34. The van der Waals surface area contributed by atoms with Crippen LogP contribution in [0.5, 0.6) is 0 Å². The predicted molar refractivity (Wildman–Crippen MR) is 77.0 cm³/mol. The van der Waals surface area contributed by atoms with Crippen molar-refractivity contribution in [1.82, 2.24) is 10.3 Å². The van der Waals surface area contributed by atoms with Crippen molar-refractivity contribution in [2.75, 3.05) is 11.9 Å². The molecule has 0 aliphatic rings. The summed E-state index contributed by atoms with van der Waals surface area (Å²) in [7, 11) is 0. The Labute approximate surface area is 125 Å². The number of carbonyl (C=O) groups is 2. The van der Waals surface area contributed by atoms with Crippen LogP contribution in [0.1, 0.15) is 18.4 Å². The van der Waals surface area contributed by atoms with Crippen LogP contribution in [0.15, 0.2) is 28.2 Å². The first-order valence-corrected chi connectivity index (χ1v) is 7.22. The Balaban J connectivity index is 1.78. The van der Waals surface area contributed by atoms with Crippen molar-refractivity contribution in [2.45, 2.75) is 19.9 Å². The molecule has 0 atom stereocenters. The Hall–Kier alpha value is -2.35. The summed E-state index contributed by atoms with van der Waals surface area (Å²) in [6.45, 7) is 2.35. The first-order chi connectivity index (χ1) is 10.2. The molecule has 0 aliphatic carbocycles. The van der Waals surface area contributed by atoms with Gasteiger partial charge in [0.05, 0.1) is 31.5 Å². The molecule has 2 aromatic rings. The number of nitrogens with one attached hydrogen (secondary N) is 2. The molecule has 0 spiro atoms. The Bertz CT molecular complexity index is 594. The Morgan fingerprint density at radius 3 is 3.05 bits per heavy atom. The summed E-state index contributed by atoms with van der Waals surface area (Å²) in [6, 6.07) is 3.54. The fourth-order valence-corrected chi connectivity index (χ4v) is 2.22. The molecule has 21 heavy (non-hydrogen) atoms. The molecule has 0 aromatic carbocycles. The van der Waals surface area contributed by atoms with E-state index in [9.17, 15) is 9.59 Å². The van der Waals surface area contributed by atoms with Gasteiger partial charge in [-0.25, -0.2) is 9.78 Å². The smallest absolute Gasteiger partial charge is 0.413 e. The molecule has 0 saturated carbocycles. The van der Waals surface area contributed by atoms with Gasteiger partial charge in [0.25, 0.3) is 0 Å². The van der Waals surface area contributed by atoms with Crippen LogP contribution in [0.2, 0.25) is 0 Å². The van der Waals surface area contributed by atoms with Crippen LogP contribution in [-0.4, -0.2) is 23.6 Å². The van der Waals surface area contributed by atoms with E-state index >= 15 is 0 Å². The molecule has 8 heteroatoms. The summed E-state index contributed by atoms with van der Waals surface area (Å²) in [4.78, 5) is 27.1. The fraction of sp³-hybridized carbons (Fsp3) is 0.308. The summed E-state index contributed by atoms with van der Waals surface area (Å²) < 4.78 is 9.86. The van der Waals surface area contributed by atoms with Crippen molar-refractivity contribution in [2.24, 2.45) is 0 Å². The number of hydrogen-bond acceptors (Lipinski definition) is 6. The molecule has 7 nitrogen and oxygen atoms in total. The number of nitrogens with zero attached hydrogens (tertiary/aromatic N) is 1. The number of amides is 2. The molecule has 0 radical (unpaired) electrons. The van der Waals surface area contributed by atoms with E-state index in [1.807, 2.05) is 0 Å². The third-order valence-corrected chi connectivity index (χ3v) is 3.22. The highest BCUT2D eigenvalue weighted by Gasteiger charge is 2.10. The van der Waals surface area contributed by atoms with Gasteiger partial charge >= 0.3 is 6.09 Å². The molecule has 112 valence electrons. The maximum absolute atomic E-state index is 11.7. The molecule has 0 saturated heterocycles. The zero-order valence-corrected chi connectivity index (χ0v) is 12.2. The van der Waals surface area contributed by atoms with Crippen molar-refractivity contribution in [1.29, 1.82) is 0 Å². The van der Waals surface area contributed by atoms with Crippen LogP contribution in [0.25, 0.3) is 0 Å². The molecule has 2 rings (SSSR count). The van der Waals surface area contributed by atoms with Gasteiger partial charge in [-0.15, -0.1) is 11.3 Å². The first-order valence-electron chi connectivity index (χ1n) is 6.34. The molecule has 0 bridgehead atoms. The molecule has 2 heterocycles. The van der Waals surface area contributed by atoms with Gasteiger partial charge in [0.2, 0.25) is 5.91 Å². The second kappa shape index (κ2) is 7.44. The molecular weight excluding hydrogens is 294 g/mol. The molecule has 0 aliphatic heterocycles. The number of furan rings is 1. The number of carbonyl (C=O) groups excluding carboxylic acids is 2. The zero-order chi connectivity index (χ0) is 15.1. The summed E-state index contributed by atoms with van der Waals surface area (Å²) in [5.74, 6) is 0.519. The zero-order valence-electron chi connectivity index (χ0n) is 11.4. The van der Waals surface area contributed by atoms with Gasteiger partial charge in [0, 0.05) is 5.38 Å². The SMILES string of the molecule is CCOC(=O)Nc1nc(CC(=O)NCc2ccco2)cs1. The summed E-state index contributed by atoms with van der Waals surface area (Å²) >= 11 is 1.24. The topological polar surface area (TPSA) is 93.5 Å². The van der Waals surface area contributed by atoms with Crippen LogP contribution in [0, 0.1) is 0 Å². The average molecular weight is 309 g/mol. The van der Waals surface area contributed by atoms with E-state index in [0.29, 0.717) is 29.7 Å². The van der Waals surface area contributed by atoms with Gasteiger partial charge in [-0.05, 0) is 19.1 Å². The van der Waals surface area contributed by atoms with Gasteiger partial charge in [0.15, 0.2) is 5.13 Å². The van der Waals surface area contributed by atoms with Crippen LogP contribution < -0.4 is 10.6 Å². The molecule has 2 amide bonds. The largest absolute Gasteiger partial charge is 0.467 e. The maximum Gasteiger partial charge on any atom is 0.413 e. The molecule has 2 N–H and O–H groups in total. The lowest BCUT2D eigenvalue weighted by Gasteiger charge is -2.02. The number of hydrogen-bond donors (Lipinski definition) is 2. The lowest BCUT2D eigenvalue weighted by molar-refractivity contribution is -0.120. The van der Waals surface area contributed by atoms with Crippen molar-refractivity contribution in [3.63, 3.8) is 0 Å². The highest BCUT2D eigenvalue weighted by molar-refractivity contribution is 7.13. The summed E-state index contributed by atoms with van der Waals surface area (Å²) in [5.41, 5.74) is 0.587. The minimum atomic E-state index is -0.555. The quantitative estimate of drug-likeness (QED) is 0.853. The molecule has 0 unspecified atom stereocenters. The second-order valence-corrected chi connectivity index (χ2v) is 4.88. The van der Waals surface area contributed by atoms with E-state index in [1.54, 1.807) is 30.7 Å². The number of thiazole rings is 1. The second-order valence-electron chi connectivity index (χ2n) is 4.02. The predicted octanol–water partition coefficient (Wildman–Crippen LogP) is 2.16. The number of anilines is 1. The average Bonchev–Trinajstić information content (AvgIpc) is 3.08. The van der Waals surface area contributed by atoms with E-state index < -0.39 is 6.09 Å². The Morgan fingerprint density at radius 1 is 1.48 bits per heavy atom. The van der Waals surface area contributed by atoms with E-state index in [4.69, 9.17) is 9.15 Å². The van der Waals surface area contributed by atoms with E-state index in [-0.39, 0.29) is 12.3 Å². The standard InChI is InChI=1S/C13H15N3O4S/c1-2-19-13(18)16-12-15-9(8-21-12)6-11(17)14-7-10-4-3-5-20-10/h3-5,8H,2,6-7H2,1H3,(H,14,17)(H,15,16,18). The molecule has 2 aromatic heterocycles. The van der Waals surface area contributed by atoms with Crippen molar-refractivity contribution < 1.29 is 18.7 Å². The van der Waals surface area contributed by atoms with Crippen LogP contribution >= 0.6 is 11.3 Å². The maximum atomic E-state index is 11.7. The van der Waals surface area contributed by atoms with Crippen LogP contribution in [0.4, 0.5) is 9.93 Å². The van der Waals surface area contributed by atoms with E-state index in [2.05, 4.69) is 15.6 Å². The molecular formula is C13H15N3O4S. The minimum absolute atomic E-state index is 0.141. The van der Waals surface area contributed by atoms with Crippen molar-refractivity contribution in [3.8, 4) is 0 Å². The monoisotopic (exact) mass is 309 g/mol. The normalized spacial score (nSPS) is 10.1. The third kappa shape index (κ3) is 4.92. The first kappa shape index (κ1) is 15.0. The van der Waals surface area contributed by atoms with Crippen molar-refractivity contribution >= 4 is 28.5 Å². The van der Waals surface area contributed by atoms with Gasteiger partial charge in [-0.3, -0.25) is 10.1 Å². The molecule has 0 fully saturated rings. The number of aromatic nitrogens is 1. The minimum Gasteiger partial charge on any atom is -0.467 e.